The Labute approximate surface area is 200 Å². The van der Waals surface area contributed by atoms with Gasteiger partial charge in [0.1, 0.15) is 0 Å². The van der Waals surface area contributed by atoms with Crippen molar-refractivity contribution in [3.63, 3.8) is 0 Å². The first-order valence-electron chi connectivity index (χ1n) is 11.5. The van der Waals surface area contributed by atoms with Gasteiger partial charge in [-0.3, -0.25) is 5.10 Å². The predicted molar refractivity (Wildman–Crippen MR) is 127 cm³/mol. The molecule has 9 heteroatoms. The number of aromatic nitrogens is 3. The van der Waals surface area contributed by atoms with Crippen molar-refractivity contribution >= 4 is 27.8 Å². The summed E-state index contributed by atoms with van der Waals surface area (Å²) in [5, 5.41) is 18.4. The minimum Gasteiger partial charge on any atom is -0.479 e. The van der Waals surface area contributed by atoms with Crippen LogP contribution in [-0.2, 0) is 19.7 Å². The number of rotatable bonds is 6. The second-order valence-electron chi connectivity index (χ2n) is 9.77. The number of aliphatic carboxylic acids is 1. The minimum atomic E-state index is -0.966. The summed E-state index contributed by atoms with van der Waals surface area (Å²) in [7, 11) is 1.63. The Balaban J connectivity index is 1.83. The lowest BCUT2D eigenvalue weighted by Crippen LogP contribution is -2.33. The number of hydrogen-bond acceptors (Lipinski definition) is 4. The van der Waals surface area contributed by atoms with Gasteiger partial charge in [0.25, 0.3) is 0 Å². The monoisotopic (exact) mass is 483 g/mol. The fourth-order valence-corrected chi connectivity index (χ4v) is 5.32. The first-order chi connectivity index (χ1) is 16.7. The van der Waals surface area contributed by atoms with Crippen molar-refractivity contribution in [1.29, 1.82) is 0 Å². The van der Waals surface area contributed by atoms with E-state index in [9.17, 15) is 18.7 Å². The summed E-state index contributed by atoms with van der Waals surface area (Å²) < 4.78 is 41.6. The van der Waals surface area contributed by atoms with E-state index < -0.39 is 29.1 Å². The molecule has 184 valence electrons. The largest absolute Gasteiger partial charge is 0.479 e. The van der Waals surface area contributed by atoms with Crippen molar-refractivity contribution in [3.8, 4) is 5.69 Å². The van der Waals surface area contributed by atoms with E-state index in [4.69, 9.17) is 9.47 Å². The molecule has 2 aromatic heterocycles. The second-order valence-corrected chi connectivity index (χ2v) is 9.77. The Hall–Kier alpha value is -3.30. The number of hydrogen-bond donors (Lipinski definition) is 2. The number of carboxylic acids is 1. The molecule has 4 aromatic rings. The molecule has 0 bridgehead atoms. The number of benzene rings is 2. The van der Waals surface area contributed by atoms with Crippen LogP contribution in [0.4, 0.5) is 8.78 Å². The molecule has 0 unspecified atom stereocenters. The zero-order valence-corrected chi connectivity index (χ0v) is 19.8. The molecule has 35 heavy (non-hydrogen) atoms. The van der Waals surface area contributed by atoms with Gasteiger partial charge < -0.3 is 19.1 Å². The lowest BCUT2D eigenvalue weighted by Gasteiger charge is -2.32. The number of aromatic amines is 1. The van der Waals surface area contributed by atoms with Gasteiger partial charge in [0, 0.05) is 46.7 Å². The van der Waals surface area contributed by atoms with Gasteiger partial charge in [0.15, 0.2) is 17.7 Å². The summed E-state index contributed by atoms with van der Waals surface area (Å²) in [5.41, 5.74) is 3.51. The van der Waals surface area contributed by atoms with Crippen LogP contribution < -0.4 is 0 Å². The van der Waals surface area contributed by atoms with E-state index >= 15 is 0 Å². The molecule has 2 N–H and O–H groups in total. The van der Waals surface area contributed by atoms with Crippen molar-refractivity contribution in [3.05, 3.63) is 59.4 Å². The number of fused-ring (bicyclic) bond motifs is 2. The first-order valence-corrected chi connectivity index (χ1v) is 11.5. The zero-order chi connectivity index (χ0) is 24.9. The molecule has 5 rings (SSSR count). The number of H-pyrrole nitrogens is 1. The molecule has 2 aromatic carbocycles. The van der Waals surface area contributed by atoms with Crippen molar-refractivity contribution in [1.82, 2.24) is 14.8 Å². The highest BCUT2D eigenvalue weighted by molar-refractivity contribution is 5.99. The Bertz CT molecular complexity index is 1420. The van der Waals surface area contributed by atoms with Crippen molar-refractivity contribution in [2.75, 3.05) is 20.3 Å². The van der Waals surface area contributed by atoms with Gasteiger partial charge in [-0.25, -0.2) is 13.6 Å². The molecular formula is C26H27F2N3O4. The molecule has 7 nitrogen and oxygen atoms in total. The summed E-state index contributed by atoms with van der Waals surface area (Å²) in [6.07, 6.45) is 1.89. The van der Waals surface area contributed by atoms with Crippen LogP contribution in [0.15, 0.2) is 36.5 Å². The molecular weight excluding hydrogens is 456 g/mol. The van der Waals surface area contributed by atoms with Crippen LogP contribution in [0.5, 0.6) is 0 Å². The highest BCUT2D eigenvalue weighted by Crippen LogP contribution is 2.44. The number of carboxylic acid groups (broad SMARTS) is 1. The SMILES string of the molecule is COCC(C)(C)c1c([C@@H]2CC[C@@H](C(=O)O)OC2)c2cc3[nH]ncc3cc2n1-c1ccc(F)c(F)c1. The highest BCUT2D eigenvalue weighted by Gasteiger charge is 2.37. The minimum absolute atomic E-state index is 0.0915. The van der Waals surface area contributed by atoms with Crippen LogP contribution >= 0.6 is 0 Å². The molecule has 3 heterocycles. The lowest BCUT2D eigenvalue weighted by atomic mass is 9.80. The maximum atomic E-state index is 14.4. The normalized spacial score (nSPS) is 19.0. The summed E-state index contributed by atoms with van der Waals surface area (Å²) in [4.78, 5) is 11.5. The van der Waals surface area contributed by atoms with E-state index in [0.717, 1.165) is 39.1 Å². The maximum Gasteiger partial charge on any atom is 0.332 e. The lowest BCUT2D eigenvalue weighted by molar-refractivity contribution is -0.153. The van der Waals surface area contributed by atoms with Crippen LogP contribution in [0.3, 0.4) is 0 Å². The quantitative estimate of drug-likeness (QED) is 0.400. The molecule has 1 saturated heterocycles. The first kappa shape index (κ1) is 23.4. The van der Waals surface area contributed by atoms with Crippen LogP contribution in [0, 0.1) is 11.6 Å². The van der Waals surface area contributed by atoms with Gasteiger partial charge in [-0.1, -0.05) is 13.8 Å². The van der Waals surface area contributed by atoms with Gasteiger partial charge >= 0.3 is 5.97 Å². The van der Waals surface area contributed by atoms with E-state index in [1.807, 2.05) is 30.5 Å². The van der Waals surface area contributed by atoms with Gasteiger partial charge in [-0.15, -0.1) is 0 Å². The zero-order valence-electron chi connectivity index (χ0n) is 19.8. The number of nitrogens with zero attached hydrogens (tertiary/aromatic N) is 2. The number of halogens is 2. The third kappa shape index (κ3) is 3.98. The highest BCUT2D eigenvalue weighted by atomic mass is 19.2. The predicted octanol–water partition coefficient (Wildman–Crippen LogP) is 5.06. The molecule has 0 radical (unpaired) electrons. The number of carbonyl (C=O) groups is 1. The average molecular weight is 484 g/mol. The Morgan fingerprint density at radius 3 is 2.71 bits per heavy atom. The summed E-state index contributed by atoms with van der Waals surface area (Å²) in [6, 6.07) is 7.88. The van der Waals surface area contributed by atoms with E-state index in [-0.39, 0.29) is 12.5 Å². The molecule has 0 saturated carbocycles. The van der Waals surface area contributed by atoms with E-state index in [2.05, 4.69) is 10.2 Å². The van der Waals surface area contributed by atoms with Crippen molar-refractivity contribution in [2.45, 2.75) is 44.1 Å². The number of methoxy groups -OCH3 is 1. The molecule has 1 fully saturated rings. The van der Waals surface area contributed by atoms with Gasteiger partial charge in [0.2, 0.25) is 0 Å². The topological polar surface area (TPSA) is 89.4 Å². The second kappa shape index (κ2) is 8.73. The van der Waals surface area contributed by atoms with E-state index in [1.165, 1.54) is 6.07 Å². The molecule has 1 aliphatic heterocycles. The van der Waals surface area contributed by atoms with Gasteiger partial charge in [-0.2, -0.15) is 5.10 Å². The van der Waals surface area contributed by atoms with E-state index in [0.29, 0.717) is 25.1 Å². The third-order valence-corrected chi connectivity index (χ3v) is 6.83. The Morgan fingerprint density at radius 1 is 1.26 bits per heavy atom. The Morgan fingerprint density at radius 2 is 2.06 bits per heavy atom. The Kier molecular flexibility index (Phi) is 5.85. The van der Waals surface area contributed by atoms with Crippen LogP contribution in [0.1, 0.15) is 43.9 Å². The van der Waals surface area contributed by atoms with E-state index in [1.54, 1.807) is 19.4 Å². The smallest absolute Gasteiger partial charge is 0.332 e. The summed E-state index contributed by atoms with van der Waals surface area (Å²) in [6.45, 7) is 4.71. The maximum absolute atomic E-state index is 14.4. The molecule has 0 amide bonds. The van der Waals surface area contributed by atoms with Gasteiger partial charge in [0.05, 0.1) is 30.4 Å². The molecule has 0 aliphatic carbocycles. The summed E-state index contributed by atoms with van der Waals surface area (Å²) in [5.74, 6) is -2.91. The van der Waals surface area contributed by atoms with Crippen LogP contribution in [-0.4, -0.2) is 52.3 Å². The summed E-state index contributed by atoms with van der Waals surface area (Å²) >= 11 is 0. The molecule has 0 spiro atoms. The molecule has 1 aliphatic rings. The number of nitrogens with one attached hydrogen (secondary N) is 1. The standard InChI is InChI=1S/C26H27F2N3O4/c1-26(2,13-34-3)24-23(14-4-7-22(25(32)33)35-12-14)17-10-20-15(11-29-30-20)8-21(17)31(24)16-5-6-18(27)19(28)9-16/h5-6,8-11,14,22H,4,7,12-13H2,1-3H3,(H,29,30)(H,32,33)/t14-,22+/m1/s1. The van der Waals surface area contributed by atoms with Gasteiger partial charge in [-0.05, 0) is 42.7 Å². The third-order valence-electron chi connectivity index (χ3n) is 6.83. The number of ether oxygens (including phenoxy) is 2. The van der Waals surface area contributed by atoms with Crippen molar-refractivity contribution in [2.24, 2.45) is 0 Å². The molecule has 2 atom stereocenters. The van der Waals surface area contributed by atoms with Crippen LogP contribution in [0.2, 0.25) is 0 Å². The van der Waals surface area contributed by atoms with Crippen molar-refractivity contribution < 1.29 is 28.2 Å². The fourth-order valence-electron chi connectivity index (χ4n) is 5.32. The average Bonchev–Trinajstić information content (AvgIpc) is 3.41. The van der Waals surface area contributed by atoms with Crippen LogP contribution in [0.25, 0.3) is 27.5 Å². The fraction of sp³-hybridized carbons (Fsp3) is 0.385.